The summed E-state index contributed by atoms with van der Waals surface area (Å²) in [6.45, 7) is 15.5. The molecule has 0 spiro atoms. The molecule has 0 aromatic heterocycles. The first-order valence-corrected chi connectivity index (χ1v) is 8.38. The smallest absolute Gasteiger partial charge is 0.0589 e. The normalized spacial score (nSPS) is 17.1. The van der Waals surface area contributed by atoms with Gasteiger partial charge in [0.1, 0.15) is 0 Å². The fourth-order valence-corrected chi connectivity index (χ4v) is 2.73. The summed E-state index contributed by atoms with van der Waals surface area (Å²) in [6, 6.07) is 0.717. The zero-order chi connectivity index (χ0) is 14.8. The standard InChI is InChI=1S/C16H35N3O/c1-5-18(6-2)11-9-17-10-12-19(13-14-20-4)15(3)16-7-8-16/h15-17H,5-14H2,1-4H3. The Morgan fingerprint density at radius 2 is 1.75 bits per heavy atom. The summed E-state index contributed by atoms with van der Waals surface area (Å²) in [6.07, 6.45) is 2.83. The van der Waals surface area contributed by atoms with Crippen LogP contribution in [0.3, 0.4) is 0 Å². The Morgan fingerprint density at radius 3 is 2.30 bits per heavy atom. The van der Waals surface area contributed by atoms with Gasteiger partial charge in [-0.15, -0.1) is 0 Å². The van der Waals surface area contributed by atoms with Crippen LogP contribution in [-0.4, -0.2) is 75.4 Å². The van der Waals surface area contributed by atoms with E-state index in [4.69, 9.17) is 4.74 Å². The Morgan fingerprint density at radius 1 is 1.10 bits per heavy atom. The van der Waals surface area contributed by atoms with E-state index in [0.29, 0.717) is 0 Å². The zero-order valence-corrected chi connectivity index (χ0v) is 14.0. The molecule has 0 amide bonds. The molecule has 0 aromatic carbocycles. The van der Waals surface area contributed by atoms with E-state index in [1.54, 1.807) is 7.11 Å². The predicted octanol–water partition coefficient (Wildman–Crippen LogP) is 1.66. The lowest BCUT2D eigenvalue weighted by atomic mass is 10.2. The van der Waals surface area contributed by atoms with Gasteiger partial charge < -0.3 is 15.0 Å². The van der Waals surface area contributed by atoms with Crippen LogP contribution >= 0.6 is 0 Å². The van der Waals surface area contributed by atoms with Gasteiger partial charge in [-0.1, -0.05) is 13.8 Å². The van der Waals surface area contributed by atoms with Crippen molar-refractivity contribution in [3.8, 4) is 0 Å². The molecule has 1 saturated carbocycles. The first-order chi connectivity index (χ1) is 9.72. The van der Waals surface area contributed by atoms with Crippen LogP contribution in [0.5, 0.6) is 0 Å². The van der Waals surface area contributed by atoms with Gasteiger partial charge in [0.2, 0.25) is 0 Å². The molecular formula is C16H35N3O. The van der Waals surface area contributed by atoms with E-state index in [9.17, 15) is 0 Å². The summed E-state index contributed by atoms with van der Waals surface area (Å²) < 4.78 is 5.24. The number of hydrogen-bond donors (Lipinski definition) is 1. The molecule has 1 unspecified atom stereocenters. The maximum atomic E-state index is 5.24. The SMILES string of the molecule is CCN(CC)CCNCCN(CCOC)C(C)C1CC1. The van der Waals surface area contributed by atoms with Crippen LogP contribution in [0, 0.1) is 5.92 Å². The predicted molar refractivity (Wildman–Crippen MR) is 86.3 cm³/mol. The first kappa shape index (κ1) is 17.9. The first-order valence-electron chi connectivity index (χ1n) is 8.38. The van der Waals surface area contributed by atoms with Crippen LogP contribution in [0.4, 0.5) is 0 Å². The molecule has 0 aromatic rings. The minimum atomic E-state index is 0.717. The minimum absolute atomic E-state index is 0.717. The van der Waals surface area contributed by atoms with Crippen LogP contribution in [0.15, 0.2) is 0 Å². The van der Waals surface area contributed by atoms with Gasteiger partial charge in [0.25, 0.3) is 0 Å². The van der Waals surface area contributed by atoms with Gasteiger partial charge in [0, 0.05) is 45.9 Å². The molecule has 120 valence electrons. The number of nitrogens with one attached hydrogen (secondary N) is 1. The summed E-state index contributed by atoms with van der Waals surface area (Å²) in [4.78, 5) is 5.05. The number of methoxy groups -OCH3 is 1. The van der Waals surface area contributed by atoms with Crippen molar-refractivity contribution in [2.75, 3.05) is 59.5 Å². The van der Waals surface area contributed by atoms with E-state index in [0.717, 1.165) is 64.4 Å². The van der Waals surface area contributed by atoms with Gasteiger partial charge in [-0.25, -0.2) is 0 Å². The van der Waals surface area contributed by atoms with Crippen molar-refractivity contribution in [2.24, 2.45) is 5.92 Å². The van der Waals surface area contributed by atoms with Crippen LogP contribution in [0.2, 0.25) is 0 Å². The van der Waals surface area contributed by atoms with E-state index in [-0.39, 0.29) is 0 Å². The average Bonchev–Trinajstić information content (AvgIpc) is 3.30. The Kier molecular flexibility index (Phi) is 9.44. The molecule has 1 aliphatic carbocycles. The fraction of sp³-hybridized carbons (Fsp3) is 1.00. The lowest BCUT2D eigenvalue weighted by Gasteiger charge is -2.29. The number of likely N-dealkylation sites (N-methyl/N-ethyl adjacent to an activating group) is 1. The lowest BCUT2D eigenvalue weighted by Crippen LogP contribution is -2.42. The number of ether oxygens (including phenoxy) is 1. The van der Waals surface area contributed by atoms with Crippen LogP contribution < -0.4 is 5.32 Å². The third kappa shape index (κ3) is 7.02. The summed E-state index contributed by atoms with van der Waals surface area (Å²) in [7, 11) is 1.79. The maximum Gasteiger partial charge on any atom is 0.0589 e. The third-order valence-electron chi connectivity index (χ3n) is 4.54. The Labute approximate surface area is 125 Å². The second-order valence-electron chi connectivity index (χ2n) is 5.88. The van der Waals surface area contributed by atoms with E-state index in [1.807, 2.05) is 0 Å². The van der Waals surface area contributed by atoms with Crippen molar-refractivity contribution in [2.45, 2.75) is 39.7 Å². The summed E-state index contributed by atoms with van der Waals surface area (Å²) in [5, 5.41) is 3.58. The third-order valence-corrected chi connectivity index (χ3v) is 4.54. The minimum Gasteiger partial charge on any atom is -0.383 e. The van der Waals surface area contributed by atoms with E-state index in [1.165, 1.54) is 12.8 Å². The molecule has 1 aliphatic rings. The van der Waals surface area contributed by atoms with Gasteiger partial charge in [0.15, 0.2) is 0 Å². The topological polar surface area (TPSA) is 27.7 Å². The van der Waals surface area contributed by atoms with Crippen molar-refractivity contribution in [1.29, 1.82) is 0 Å². The molecule has 1 atom stereocenters. The van der Waals surface area contributed by atoms with Crippen molar-refractivity contribution in [3.63, 3.8) is 0 Å². The Hall–Kier alpha value is -0.160. The number of hydrogen-bond acceptors (Lipinski definition) is 4. The van der Waals surface area contributed by atoms with Crippen molar-refractivity contribution in [1.82, 2.24) is 15.1 Å². The Balaban J connectivity index is 2.14. The van der Waals surface area contributed by atoms with Gasteiger partial charge in [-0.2, -0.15) is 0 Å². The molecule has 0 heterocycles. The summed E-state index contributed by atoms with van der Waals surface area (Å²) in [5.41, 5.74) is 0. The van der Waals surface area contributed by atoms with Crippen molar-refractivity contribution < 1.29 is 4.74 Å². The molecule has 1 rings (SSSR count). The molecule has 4 heteroatoms. The van der Waals surface area contributed by atoms with Gasteiger partial charge in [-0.05, 0) is 38.8 Å². The second-order valence-corrected chi connectivity index (χ2v) is 5.88. The average molecular weight is 285 g/mol. The van der Waals surface area contributed by atoms with Crippen molar-refractivity contribution >= 4 is 0 Å². The molecule has 0 radical (unpaired) electrons. The quantitative estimate of drug-likeness (QED) is 0.521. The second kappa shape index (κ2) is 10.6. The van der Waals surface area contributed by atoms with E-state index in [2.05, 4.69) is 35.9 Å². The molecule has 1 fully saturated rings. The molecule has 0 saturated heterocycles. The highest BCUT2D eigenvalue weighted by atomic mass is 16.5. The number of rotatable bonds is 13. The van der Waals surface area contributed by atoms with Crippen LogP contribution in [-0.2, 0) is 4.74 Å². The highest BCUT2D eigenvalue weighted by Gasteiger charge is 2.31. The van der Waals surface area contributed by atoms with Gasteiger partial charge in [-0.3, -0.25) is 4.90 Å². The summed E-state index contributed by atoms with van der Waals surface area (Å²) >= 11 is 0. The summed E-state index contributed by atoms with van der Waals surface area (Å²) in [5.74, 6) is 0.933. The largest absolute Gasteiger partial charge is 0.383 e. The van der Waals surface area contributed by atoms with Gasteiger partial charge >= 0.3 is 0 Å². The van der Waals surface area contributed by atoms with Crippen molar-refractivity contribution in [3.05, 3.63) is 0 Å². The van der Waals surface area contributed by atoms with Gasteiger partial charge in [0.05, 0.1) is 6.61 Å². The molecule has 4 nitrogen and oxygen atoms in total. The highest BCUT2D eigenvalue weighted by molar-refractivity contribution is 4.85. The van der Waals surface area contributed by atoms with E-state index >= 15 is 0 Å². The zero-order valence-electron chi connectivity index (χ0n) is 14.0. The lowest BCUT2D eigenvalue weighted by molar-refractivity contribution is 0.117. The maximum absolute atomic E-state index is 5.24. The molecular weight excluding hydrogens is 250 g/mol. The number of nitrogens with zero attached hydrogens (tertiary/aromatic N) is 2. The highest BCUT2D eigenvalue weighted by Crippen LogP contribution is 2.34. The Bertz CT molecular complexity index is 230. The molecule has 20 heavy (non-hydrogen) atoms. The van der Waals surface area contributed by atoms with Crippen LogP contribution in [0.1, 0.15) is 33.6 Å². The van der Waals surface area contributed by atoms with Crippen LogP contribution in [0.25, 0.3) is 0 Å². The molecule has 0 aliphatic heterocycles. The van der Waals surface area contributed by atoms with E-state index < -0.39 is 0 Å². The molecule has 1 N–H and O–H groups in total. The molecule has 0 bridgehead atoms. The monoisotopic (exact) mass is 285 g/mol. The fourth-order valence-electron chi connectivity index (χ4n) is 2.73.